The lowest BCUT2D eigenvalue weighted by Crippen LogP contribution is -2.24. The summed E-state index contributed by atoms with van der Waals surface area (Å²) in [5.74, 6) is 6.12. The molecule has 108 valence electrons. The van der Waals surface area contributed by atoms with Gasteiger partial charge in [0.2, 0.25) is 0 Å². The molecular formula is C15H16N4O2. The van der Waals surface area contributed by atoms with Crippen molar-refractivity contribution in [3.63, 3.8) is 0 Å². The van der Waals surface area contributed by atoms with Crippen molar-refractivity contribution in [2.45, 2.75) is 6.61 Å². The molecule has 0 unspecified atom stereocenters. The predicted molar refractivity (Wildman–Crippen MR) is 79.1 cm³/mol. The highest BCUT2D eigenvalue weighted by Gasteiger charge is 2.01. The summed E-state index contributed by atoms with van der Waals surface area (Å²) in [6, 6.07) is 9.46. The van der Waals surface area contributed by atoms with Gasteiger partial charge in [-0.1, -0.05) is 42.2 Å². The van der Waals surface area contributed by atoms with Crippen molar-refractivity contribution >= 4 is 11.9 Å². The number of alkyl carbamates (subject to hydrolysis) is 1. The number of carbonyl (C=O) groups is 1. The molecule has 1 aromatic carbocycles. The van der Waals surface area contributed by atoms with Crippen LogP contribution in [-0.4, -0.2) is 22.4 Å². The average molecular weight is 284 g/mol. The minimum atomic E-state index is -0.507. The summed E-state index contributed by atoms with van der Waals surface area (Å²) >= 11 is 0. The molecule has 1 amide bonds. The van der Waals surface area contributed by atoms with E-state index in [2.05, 4.69) is 22.3 Å². The number of hydrogen-bond donors (Lipinski definition) is 2. The SMILES string of the molecule is Cn1ncc(C#CCNC(=O)OCc2ccccc2)c1N. The van der Waals surface area contributed by atoms with Crippen LogP contribution >= 0.6 is 0 Å². The maximum Gasteiger partial charge on any atom is 0.408 e. The first-order valence-corrected chi connectivity index (χ1v) is 6.37. The number of ether oxygens (including phenoxy) is 1. The van der Waals surface area contributed by atoms with Crippen LogP contribution in [0.3, 0.4) is 0 Å². The Morgan fingerprint density at radius 2 is 2.19 bits per heavy atom. The third kappa shape index (κ3) is 4.28. The van der Waals surface area contributed by atoms with Crippen molar-refractivity contribution in [2.75, 3.05) is 12.3 Å². The fourth-order valence-corrected chi connectivity index (χ4v) is 1.57. The van der Waals surface area contributed by atoms with E-state index in [4.69, 9.17) is 10.5 Å². The number of nitrogens with one attached hydrogen (secondary N) is 1. The molecule has 6 heteroatoms. The Hall–Kier alpha value is -2.94. The highest BCUT2D eigenvalue weighted by molar-refractivity contribution is 5.67. The quantitative estimate of drug-likeness (QED) is 0.832. The molecule has 0 aliphatic rings. The Morgan fingerprint density at radius 3 is 2.86 bits per heavy atom. The standard InChI is InChI=1S/C15H16N4O2/c1-19-14(16)13(10-18-19)8-5-9-17-15(20)21-11-12-6-3-2-4-7-12/h2-4,6-7,10H,9,11,16H2,1H3,(H,17,20). The molecule has 21 heavy (non-hydrogen) atoms. The monoisotopic (exact) mass is 284 g/mol. The van der Waals surface area contributed by atoms with E-state index in [0.29, 0.717) is 11.4 Å². The van der Waals surface area contributed by atoms with Gasteiger partial charge >= 0.3 is 6.09 Å². The Morgan fingerprint density at radius 1 is 1.43 bits per heavy atom. The average Bonchev–Trinajstić information content (AvgIpc) is 2.82. The summed E-state index contributed by atoms with van der Waals surface area (Å²) in [7, 11) is 1.74. The van der Waals surface area contributed by atoms with Crippen LogP contribution in [0.15, 0.2) is 36.5 Å². The fourth-order valence-electron chi connectivity index (χ4n) is 1.57. The molecule has 0 radical (unpaired) electrons. The maximum absolute atomic E-state index is 11.5. The normalized spacial score (nSPS) is 9.57. The second-order valence-electron chi connectivity index (χ2n) is 4.28. The lowest BCUT2D eigenvalue weighted by molar-refractivity contribution is 0.141. The molecule has 0 atom stereocenters. The van der Waals surface area contributed by atoms with Crippen LogP contribution < -0.4 is 11.1 Å². The van der Waals surface area contributed by atoms with Crippen LogP contribution in [0.4, 0.5) is 10.6 Å². The third-order valence-electron chi connectivity index (χ3n) is 2.74. The first kappa shape index (κ1) is 14.5. The molecule has 0 aliphatic heterocycles. The molecule has 0 aliphatic carbocycles. The van der Waals surface area contributed by atoms with Gasteiger partial charge in [0.1, 0.15) is 12.4 Å². The third-order valence-corrected chi connectivity index (χ3v) is 2.74. The number of carbonyl (C=O) groups excluding carboxylic acids is 1. The number of aryl methyl sites for hydroxylation is 1. The van der Waals surface area contributed by atoms with Crippen LogP contribution in [0.5, 0.6) is 0 Å². The zero-order valence-electron chi connectivity index (χ0n) is 11.7. The van der Waals surface area contributed by atoms with Crippen LogP contribution in [0.1, 0.15) is 11.1 Å². The molecule has 0 bridgehead atoms. The summed E-state index contributed by atoms with van der Waals surface area (Å²) in [6.07, 6.45) is 1.07. The lowest BCUT2D eigenvalue weighted by Gasteiger charge is -2.04. The summed E-state index contributed by atoms with van der Waals surface area (Å²) in [5, 5.41) is 6.52. The highest BCUT2D eigenvalue weighted by Crippen LogP contribution is 2.06. The van der Waals surface area contributed by atoms with Gasteiger partial charge in [0.05, 0.1) is 18.3 Å². The van der Waals surface area contributed by atoms with Gasteiger partial charge < -0.3 is 15.8 Å². The first-order valence-electron chi connectivity index (χ1n) is 6.37. The number of amides is 1. The van der Waals surface area contributed by atoms with Gasteiger partial charge in [-0.3, -0.25) is 4.68 Å². The van der Waals surface area contributed by atoms with Crippen LogP contribution in [-0.2, 0) is 18.4 Å². The highest BCUT2D eigenvalue weighted by atomic mass is 16.5. The van der Waals surface area contributed by atoms with Gasteiger partial charge in [-0.05, 0) is 5.56 Å². The zero-order valence-corrected chi connectivity index (χ0v) is 11.7. The molecule has 2 aromatic rings. The molecular weight excluding hydrogens is 268 g/mol. The Labute approximate surface area is 122 Å². The van der Waals surface area contributed by atoms with Crippen molar-refractivity contribution in [1.82, 2.24) is 15.1 Å². The maximum atomic E-state index is 11.5. The van der Waals surface area contributed by atoms with Crippen LogP contribution in [0.2, 0.25) is 0 Å². The van der Waals surface area contributed by atoms with Crippen molar-refractivity contribution < 1.29 is 9.53 Å². The van der Waals surface area contributed by atoms with Crippen molar-refractivity contribution in [3.05, 3.63) is 47.7 Å². The van der Waals surface area contributed by atoms with E-state index in [0.717, 1.165) is 5.56 Å². The second-order valence-corrected chi connectivity index (χ2v) is 4.28. The van der Waals surface area contributed by atoms with E-state index in [1.165, 1.54) is 4.68 Å². The van der Waals surface area contributed by atoms with E-state index in [1.807, 2.05) is 30.3 Å². The largest absolute Gasteiger partial charge is 0.445 e. The van der Waals surface area contributed by atoms with Crippen LogP contribution in [0.25, 0.3) is 0 Å². The van der Waals surface area contributed by atoms with Gasteiger partial charge in [-0.15, -0.1) is 0 Å². The Bertz CT molecular complexity index is 668. The topological polar surface area (TPSA) is 82.2 Å². The number of nitrogens with zero attached hydrogens (tertiary/aromatic N) is 2. The minimum Gasteiger partial charge on any atom is -0.445 e. The molecule has 0 saturated heterocycles. The van der Waals surface area contributed by atoms with E-state index >= 15 is 0 Å². The molecule has 2 rings (SSSR count). The van der Waals surface area contributed by atoms with E-state index in [1.54, 1.807) is 13.2 Å². The summed E-state index contributed by atoms with van der Waals surface area (Å²) in [6.45, 7) is 0.414. The number of nitrogen functional groups attached to an aromatic ring is 1. The molecule has 1 aromatic heterocycles. The van der Waals surface area contributed by atoms with E-state index < -0.39 is 6.09 Å². The summed E-state index contributed by atoms with van der Waals surface area (Å²) in [5.41, 5.74) is 7.31. The Balaban J connectivity index is 1.74. The minimum absolute atomic E-state index is 0.182. The molecule has 6 nitrogen and oxygen atoms in total. The van der Waals surface area contributed by atoms with E-state index in [9.17, 15) is 4.79 Å². The molecule has 3 N–H and O–H groups in total. The number of benzene rings is 1. The summed E-state index contributed by atoms with van der Waals surface area (Å²) in [4.78, 5) is 11.5. The summed E-state index contributed by atoms with van der Waals surface area (Å²) < 4.78 is 6.58. The number of anilines is 1. The van der Waals surface area contributed by atoms with E-state index in [-0.39, 0.29) is 13.2 Å². The van der Waals surface area contributed by atoms with Crippen molar-refractivity contribution in [1.29, 1.82) is 0 Å². The zero-order chi connectivity index (χ0) is 15.1. The number of rotatable bonds is 3. The number of aromatic nitrogens is 2. The van der Waals surface area contributed by atoms with Gasteiger partial charge in [-0.2, -0.15) is 5.10 Å². The van der Waals surface area contributed by atoms with Gasteiger partial charge in [0.25, 0.3) is 0 Å². The number of hydrogen-bond acceptors (Lipinski definition) is 4. The van der Waals surface area contributed by atoms with Crippen LogP contribution in [0, 0.1) is 11.8 Å². The van der Waals surface area contributed by atoms with Crippen molar-refractivity contribution in [3.8, 4) is 11.8 Å². The molecule has 0 saturated carbocycles. The second kappa shape index (κ2) is 7.01. The lowest BCUT2D eigenvalue weighted by atomic mass is 10.2. The fraction of sp³-hybridized carbons (Fsp3) is 0.200. The molecule has 1 heterocycles. The van der Waals surface area contributed by atoms with Crippen molar-refractivity contribution in [2.24, 2.45) is 7.05 Å². The Kier molecular flexibility index (Phi) is 4.83. The smallest absolute Gasteiger partial charge is 0.408 e. The number of nitrogens with two attached hydrogens (primary N) is 1. The van der Waals surface area contributed by atoms with Gasteiger partial charge in [0, 0.05) is 7.05 Å². The molecule has 0 fully saturated rings. The van der Waals surface area contributed by atoms with Gasteiger partial charge in [0.15, 0.2) is 0 Å². The molecule has 0 spiro atoms. The predicted octanol–water partition coefficient (Wildman–Crippen LogP) is 1.28. The first-order chi connectivity index (χ1) is 10.2. The van der Waals surface area contributed by atoms with Gasteiger partial charge in [-0.25, -0.2) is 4.79 Å².